The van der Waals surface area contributed by atoms with Crippen molar-refractivity contribution in [3.63, 3.8) is 0 Å². The maximum atomic E-state index is 13.5. The van der Waals surface area contributed by atoms with Crippen LogP contribution < -0.4 is 10.6 Å². The van der Waals surface area contributed by atoms with Gasteiger partial charge in [0.05, 0.1) is 50.7 Å². The number of carboxylic acid groups (broad SMARTS) is 1. The summed E-state index contributed by atoms with van der Waals surface area (Å²) in [7, 11) is 0. The predicted octanol–water partition coefficient (Wildman–Crippen LogP) is 6.90. The molecule has 0 spiro atoms. The number of nitrogens with one attached hydrogen (secondary N) is 2. The van der Waals surface area contributed by atoms with E-state index in [2.05, 4.69) is 24.5 Å². The van der Waals surface area contributed by atoms with Gasteiger partial charge < -0.3 is 100 Å². The molecule has 0 saturated carbocycles. The highest BCUT2D eigenvalue weighted by Crippen LogP contribution is 2.39. The number of carbonyl (C=O) groups excluding carboxylic acids is 2. The number of aliphatic carboxylic acids is 1. The van der Waals surface area contributed by atoms with Gasteiger partial charge in [-0.3, -0.25) is 9.59 Å². The maximum Gasteiger partial charge on any atom is 0.364 e. The average molecular weight is 1310 g/mol. The first-order valence-corrected chi connectivity index (χ1v) is 35.9. The summed E-state index contributed by atoms with van der Waals surface area (Å²) in [5.74, 6) is -6.09. The van der Waals surface area contributed by atoms with Gasteiger partial charge in [-0.25, -0.2) is 4.79 Å². The van der Waals surface area contributed by atoms with Crippen LogP contribution in [0.2, 0.25) is 0 Å². The Bertz CT molecular complexity index is 1850. The minimum atomic E-state index is -3.08. The zero-order valence-corrected chi connectivity index (χ0v) is 56.0. The molecule has 536 valence electrons. The number of carboxylic acids is 1. The lowest BCUT2D eigenvalue weighted by atomic mass is 9.88. The summed E-state index contributed by atoms with van der Waals surface area (Å²) >= 11 is 0. The van der Waals surface area contributed by atoms with Crippen molar-refractivity contribution in [1.29, 1.82) is 0 Å². The molecule has 91 heavy (non-hydrogen) atoms. The normalized spacial score (nSPS) is 28.4. The van der Waals surface area contributed by atoms with Gasteiger partial charge in [-0.2, -0.15) is 0 Å². The molecule has 3 fully saturated rings. The second kappa shape index (κ2) is 49.3. The molecule has 3 heterocycles. The average Bonchev–Trinajstić information content (AvgIpc) is 0.776. The number of unbranched alkanes of at least 4 members (excludes halogenated alkanes) is 35. The van der Waals surface area contributed by atoms with Gasteiger partial charge in [0.1, 0.15) is 67.1 Å². The quantitative estimate of drug-likeness (QED) is 0.0275. The van der Waals surface area contributed by atoms with Gasteiger partial charge >= 0.3 is 5.97 Å². The van der Waals surface area contributed by atoms with E-state index < -0.39 is 148 Å². The van der Waals surface area contributed by atoms with Crippen LogP contribution in [0.1, 0.15) is 278 Å². The van der Waals surface area contributed by atoms with Crippen molar-refractivity contribution in [2.45, 2.75) is 387 Å². The highest BCUT2D eigenvalue weighted by atomic mass is 16.8. The van der Waals surface area contributed by atoms with Crippen LogP contribution in [0.3, 0.4) is 0 Å². The van der Waals surface area contributed by atoms with E-state index in [0.717, 1.165) is 51.9 Å². The molecule has 18 atom stereocenters. The van der Waals surface area contributed by atoms with Crippen LogP contribution in [-0.4, -0.2) is 215 Å². The summed E-state index contributed by atoms with van der Waals surface area (Å²) in [6, 6.07) is -2.52. The van der Waals surface area contributed by atoms with Crippen LogP contribution in [0.4, 0.5) is 0 Å². The standard InChI is InChI=1S/C68H128N2O21/c1-4-6-8-10-12-14-16-17-18-19-20-21-22-23-24-25-26-27-28-29-30-32-34-36-38-40-42-55(78)70-49(50(75)41-39-37-35-33-31-15-13-11-9-7-5-2)47-86-65-60(82)59(81)62(54(46-73)88-65)89-66-61(83)64(58(80)53(45-72)87-66)91-68(67(84)85)43-51(76)56(69-48(3)74)63(90-68)57(79)52(77)44-71/h49-54,56-66,71-73,75-77,79-83H,4-47H2,1-3H3,(H,69,74)(H,70,78)(H,84,85). The first-order chi connectivity index (χ1) is 43.9. The second-order valence-corrected chi connectivity index (χ2v) is 26.5. The zero-order valence-electron chi connectivity index (χ0n) is 56.0. The van der Waals surface area contributed by atoms with Crippen LogP contribution in [0.15, 0.2) is 0 Å². The molecule has 3 aliphatic rings. The predicted molar refractivity (Wildman–Crippen MR) is 343 cm³/mol. The molecule has 0 radical (unpaired) electrons. The second-order valence-electron chi connectivity index (χ2n) is 26.5. The minimum absolute atomic E-state index is 0.229. The minimum Gasteiger partial charge on any atom is -0.477 e. The molecule has 3 saturated heterocycles. The van der Waals surface area contributed by atoms with Crippen LogP contribution in [0, 0.1) is 0 Å². The van der Waals surface area contributed by atoms with E-state index in [-0.39, 0.29) is 18.9 Å². The Hall–Kier alpha value is -2.27. The molecular weight excluding hydrogens is 1180 g/mol. The number of hydrogen-bond acceptors (Lipinski definition) is 20. The molecule has 3 aliphatic heterocycles. The van der Waals surface area contributed by atoms with Crippen molar-refractivity contribution in [2.24, 2.45) is 0 Å². The van der Waals surface area contributed by atoms with E-state index in [1.807, 2.05) is 0 Å². The highest BCUT2D eigenvalue weighted by molar-refractivity contribution is 5.77. The lowest BCUT2D eigenvalue weighted by molar-refractivity contribution is -0.386. The topological polar surface area (TPSA) is 373 Å². The van der Waals surface area contributed by atoms with Gasteiger partial charge in [0, 0.05) is 19.8 Å². The maximum absolute atomic E-state index is 13.5. The van der Waals surface area contributed by atoms with Gasteiger partial charge in [0.25, 0.3) is 5.79 Å². The Morgan fingerprint density at radius 2 is 0.956 bits per heavy atom. The third-order valence-corrected chi connectivity index (χ3v) is 18.6. The lowest BCUT2D eigenvalue weighted by Crippen LogP contribution is -2.70. The molecule has 0 aromatic heterocycles. The molecule has 18 unspecified atom stereocenters. The third kappa shape index (κ3) is 31.7. The SMILES string of the molecule is CCCCCCCCCCCCCCCCCCCCCCCCCCCCC(=O)NC(COC1OC(CO)C(OC2OC(CO)C(O)C(OC3(C(=O)O)CC(O)C(NC(C)=O)C(C(O)C(O)CO)O3)C2O)C(O)C1O)C(O)CCCCCCCCCCCCC. The monoisotopic (exact) mass is 1310 g/mol. The Kier molecular flexibility index (Phi) is 44.9. The van der Waals surface area contributed by atoms with Gasteiger partial charge in [-0.1, -0.05) is 245 Å². The summed E-state index contributed by atoms with van der Waals surface area (Å²) < 4.78 is 34.8. The fourth-order valence-corrected chi connectivity index (χ4v) is 12.8. The van der Waals surface area contributed by atoms with Crippen LogP contribution in [0.5, 0.6) is 0 Å². The van der Waals surface area contributed by atoms with Crippen molar-refractivity contribution >= 4 is 17.8 Å². The van der Waals surface area contributed by atoms with E-state index in [9.17, 15) is 75.7 Å². The first kappa shape index (κ1) is 83.0. The molecule has 0 aromatic rings. The van der Waals surface area contributed by atoms with E-state index >= 15 is 0 Å². The van der Waals surface area contributed by atoms with Crippen molar-refractivity contribution in [2.75, 3.05) is 26.4 Å². The Balaban J connectivity index is 1.51. The number of ether oxygens (including phenoxy) is 6. The van der Waals surface area contributed by atoms with Gasteiger partial charge in [-0.05, 0) is 12.8 Å². The fraction of sp³-hybridized carbons (Fsp3) is 0.956. The van der Waals surface area contributed by atoms with E-state index in [4.69, 9.17) is 28.4 Å². The van der Waals surface area contributed by atoms with Crippen LogP contribution in [0.25, 0.3) is 0 Å². The molecule has 0 aromatic carbocycles. The van der Waals surface area contributed by atoms with Crippen molar-refractivity contribution in [3.8, 4) is 0 Å². The fourth-order valence-electron chi connectivity index (χ4n) is 12.8. The first-order valence-electron chi connectivity index (χ1n) is 35.9. The molecule has 0 aliphatic carbocycles. The number of aliphatic hydroxyl groups is 11. The summed E-state index contributed by atoms with van der Waals surface area (Å²) in [6.07, 6.45) is 17.0. The number of hydrogen-bond donors (Lipinski definition) is 14. The summed E-state index contributed by atoms with van der Waals surface area (Å²) in [5.41, 5.74) is 0. The highest BCUT2D eigenvalue weighted by Gasteiger charge is 2.60. The third-order valence-electron chi connectivity index (χ3n) is 18.6. The summed E-state index contributed by atoms with van der Waals surface area (Å²) in [4.78, 5) is 38.5. The number of aliphatic hydroxyl groups excluding tert-OH is 11. The van der Waals surface area contributed by atoms with Crippen LogP contribution in [-0.2, 0) is 42.8 Å². The Morgan fingerprint density at radius 1 is 0.527 bits per heavy atom. The molecule has 23 nitrogen and oxygen atoms in total. The largest absolute Gasteiger partial charge is 0.477 e. The summed E-state index contributed by atoms with van der Waals surface area (Å²) in [5, 5.41) is 136. The van der Waals surface area contributed by atoms with Gasteiger partial charge in [0.15, 0.2) is 12.6 Å². The molecule has 14 N–H and O–H groups in total. The smallest absolute Gasteiger partial charge is 0.364 e. The molecule has 23 heteroatoms. The van der Waals surface area contributed by atoms with E-state index in [1.54, 1.807) is 0 Å². The van der Waals surface area contributed by atoms with E-state index in [1.165, 1.54) is 180 Å². The number of amides is 2. The van der Waals surface area contributed by atoms with Crippen molar-refractivity contribution in [1.82, 2.24) is 10.6 Å². The molecule has 0 bridgehead atoms. The van der Waals surface area contributed by atoms with Crippen molar-refractivity contribution in [3.05, 3.63) is 0 Å². The molecular formula is C68H128N2O21. The molecule has 2 amide bonds. The Morgan fingerprint density at radius 3 is 1.37 bits per heavy atom. The van der Waals surface area contributed by atoms with E-state index in [0.29, 0.717) is 19.3 Å². The van der Waals surface area contributed by atoms with Gasteiger partial charge in [-0.15, -0.1) is 0 Å². The lowest BCUT2D eigenvalue weighted by Gasteiger charge is -2.50. The number of rotatable bonds is 55. The molecule has 3 rings (SSSR count). The van der Waals surface area contributed by atoms with Crippen LogP contribution >= 0.6 is 0 Å². The number of carbonyl (C=O) groups is 3. The van der Waals surface area contributed by atoms with Crippen molar-refractivity contribution < 1.29 is 104 Å². The van der Waals surface area contributed by atoms with Gasteiger partial charge in [0.2, 0.25) is 11.8 Å². The zero-order chi connectivity index (χ0) is 66.8. The Labute approximate surface area is 544 Å². The summed E-state index contributed by atoms with van der Waals surface area (Å²) in [6.45, 7) is 2.21.